The van der Waals surface area contributed by atoms with Crippen LogP contribution < -0.4 is 5.32 Å². The summed E-state index contributed by atoms with van der Waals surface area (Å²) in [5.41, 5.74) is 3.19. The molecule has 4 nitrogen and oxygen atoms in total. The predicted octanol–water partition coefficient (Wildman–Crippen LogP) is 4.04. The second-order valence-corrected chi connectivity index (χ2v) is 6.51. The lowest BCUT2D eigenvalue weighted by Crippen LogP contribution is -2.26. The van der Waals surface area contributed by atoms with Crippen molar-refractivity contribution in [1.29, 1.82) is 0 Å². The Bertz CT molecular complexity index is 856. The van der Waals surface area contributed by atoms with Crippen LogP contribution in [-0.4, -0.2) is 15.5 Å². The van der Waals surface area contributed by atoms with Gasteiger partial charge in [0.1, 0.15) is 5.82 Å². The molecule has 1 aromatic heterocycles. The summed E-state index contributed by atoms with van der Waals surface area (Å²) < 4.78 is 3.22. The molecule has 23 heavy (non-hydrogen) atoms. The van der Waals surface area contributed by atoms with E-state index in [-0.39, 0.29) is 11.9 Å². The molecule has 3 aromatic rings. The molecule has 0 saturated heterocycles. The first kappa shape index (κ1) is 15.7. The van der Waals surface area contributed by atoms with E-state index in [0.717, 1.165) is 21.3 Å². The molecule has 0 fully saturated rings. The highest BCUT2D eigenvalue weighted by molar-refractivity contribution is 9.10. The van der Waals surface area contributed by atoms with Gasteiger partial charge in [0.25, 0.3) is 0 Å². The zero-order valence-corrected chi connectivity index (χ0v) is 14.7. The first-order chi connectivity index (χ1) is 11.0. The summed E-state index contributed by atoms with van der Waals surface area (Å²) >= 11 is 3.51. The Balaban J connectivity index is 2.07. The lowest BCUT2D eigenvalue weighted by atomic mass is 10.2. The normalized spacial score (nSPS) is 12.3. The SMILES string of the molecule is CC(=O)NC(C)c1nc2ccccc2n1Cc1cccc(Br)c1. The third-order valence-corrected chi connectivity index (χ3v) is 4.21. The van der Waals surface area contributed by atoms with E-state index in [4.69, 9.17) is 4.98 Å². The zero-order valence-electron chi connectivity index (χ0n) is 13.1. The van der Waals surface area contributed by atoms with E-state index in [1.165, 1.54) is 12.5 Å². The number of imidazole rings is 1. The summed E-state index contributed by atoms with van der Waals surface area (Å²) in [6.45, 7) is 4.19. The van der Waals surface area contributed by atoms with Crippen molar-refractivity contribution in [2.24, 2.45) is 0 Å². The van der Waals surface area contributed by atoms with Crippen molar-refractivity contribution in [2.75, 3.05) is 0 Å². The van der Waals surface area contributed by atoms with Gasteiger partial charge in [0.15, 0.2) is 0 Å². The number of hydrogen-bond acceptors (Lipinski definition) is 2. The molecule has 118 valence electrons. The average Bonchev–Trinajstić information content (AvgIpc) is 2.86. The van der Waals surface area contributed by atoms with Gasteiger partial charge >= 0.3 is 0 Å². The van der Waals surface area contributed by atoms with Crippen molar-refractivity contribution in [3.63, 3.8) is 0 Å². The van der Waals surface area contributed by atoms with Crippen molar-refractivity contribution < 1.29 is 4.79 Å². The molecule has 0 saturated carbocycles. The Morgan fingerprint density at radius 1 is 1.26 bits per heavy atom. The number of fused-ring (bicyclic) bond motifs is 1. The lowest BCUT2D eigenvalue weighted by Gasteiger charge is -2.15. The number of nitrogens with one attached hydrogen (secondary N) is 1. The van der Waals surface area contributed by atoms with Crippen LogP contribution in [0.2, 0.25) is 0 Å². The summed E-state index contributed by atoms with van der Waals surface area (Å²) in [6, 6.07) is 16.1. The van der Waals surface area contributed by atoms with Crippen molar-refractivity contribution >= 4 is 32.9 Å². The molecule has 5 heteroatoms. The van der Waals surface area contributed by atoms with Crippen LogP contribution in [0.4, 0.5) is 0 Å². The second kappa shape index (κ2) is 6.54. The summed E-state index contributed by atoms with van der Waals surface area (Å²) in [5, 5.41) is 2.93. The molecule has 3 rings (SSSR count). The molecule has 1 atom stereocenters. The van der Waals surface area contributed by atoms with Crippen LogP contribution in [0.5, 0.6) is 0 Å². The quantitative estimate of drug-likeness (QED) is 0.751. The monoisotopic (exact) mass is 371 g/mol. The Hall–Kier alpha value is -2.14. The van der Waals surface area contributed by atoms with Crippen molar-refractivity contribution in [2.45, 2.75) is 26.4 Å². The van der Waals surface area contributed by atoms with Crippen LogP contribution in [0.3, 0.4) is 0 Å². The molecule has 0 aliphatic rings. The molecule has 2 aromatic carbocycles. The van der Waals surface area contributed by atoms with Crippen LogP contribution in [0.1, 0.15) is 31.3 Å². The Kier molecular flexibility index (Phi) is 4.48. The highest BCUT2D eigenvalue weighted by Crippen LogP contribution is 2.23. The van der Waals surface area contributed by atoms with Crippen molar-refractivity contribution in [1.82, 2.24) is 14.9 Å². The van der Waals surface area contributed by atoms with E-state index in [9.17, 15) is 4.79 Å². The molecule has 0 aliphatic heterocycles. The zero-order chi connectivity index (χ0) is 16.4. The number of amides is 1. The van der Waals surface area contributed by atoms with Gasteiger partial charge in [0.05, 0.1) is 17.1 Å². The van der Waals surface area contributed by atoms with Gasteiger partial charge in [-0.15, -0.1) is 0 Å². The Morgan fingerprint density at radius 3 is 2.78 bits per heavy atom. The first-order valence-corrected chi connectivity index (χ1v) is 8.30. The molecule has 1 unspecified atom stereocenters. The number of rotatable bonds is 4. The molecule has 0 radical (unpaired) electrons. The van der Waals surface area contributed by atoms with Gasteiger partial charge in [-0.3, -0.25) is 4.79 Å². The number of halogens is 1. The van der Waals surface area contributed by atoms with Gasteiger partial charge in [-0.25, -0.2) is 4.98 Å². The minimum atomic E-state index is -0.146. The Labute approximate surface area is 143 Å². The summed E-state index contributed by atoms with van der Waals surface area (Å²) in [5.74, 6) is 0.805. The minimum Gasteiger partial charge on any atom is -0.347 e. The summed E-state index contributed by atoms with van der Waals surface area (Å²) in [6.07, 6.45) is 0. The highest BCUT2D eigenvalue weighted by Gasteiger charge is 2.17. The molecule has 1 amide bonds. The lowest BCUT2D eigenvalue weighted by molar-refractivity contribution is -0.119. The van der Waals surface area contributed by atoms with E-state index in [2.05, 4.69) is 44.0 Å². The van der Waals surface area contributed by atoms with E-state index in [1.54, 1.807) is 0 Å². The number of benzene rings is 2. The maximum atomic E-state index is 11.4. The molecule has 0 spiro atoms. The number of hydrogen-bond donors (Lipinski definition) is 1. The fraction of sp³-hybridized carbons (Fsp3) is 0.222. The van der Waals surface area contributed by atoms with E-state index < -0.39 is 0 Å². The molecule has 0 bridgehead atoms. The van der Waals surface area contributed by atoms with Crippen LogP contribution in [0, 0.1) is 0 Å². The van der Waals surface area contributed by atoms with E-state index in [0.29, 0.717) is 6.54 Å². The number of carbonyl (C=O) groups is 1. The van der Waals surface area contributed by atoms with Gasteiger partial charge < -0.3 is 9.88 Å². The summed E-state index contributed by atoms with van der Waals surface area (Å²) in [7, 11) is 0. The third-order valence-electron chi connectivity index (χ3n) is 3.72. The van der Waals surface area contributed by atoms with Crippen molar-refractivity contribution in [3.05, 3.63) is 64.4 Å². The van der Waals surface area contributed by atoms with Gasteiger partial charge in [-0.05, 0) is 36.8 Å². The van der Waals surface area contributed by atoms with Crippen molar-refractivity contribution in [3.8, 4) is 0 Å². The first-order valence-electron chi connectivity index (χ1n) is 7.51. The van der Waals surface area contributed by atoms with Crippen LogP contribution in [0.15, 0.2) is 53.0 Å². The maximum Gasteiger partial charge on any atom is 0.217 e. The van der Waals surface area contributed by atoms with Gasteiger partial charge in [-0.2, -0.15) is 0 Å². The highest BCUT2D eigenvalue weighted by atomic mass is 79.9. The molecular weight excluding hydrogens is 354 g/mol. The second-order valence-electron chi connectivity index (χ2n) is 5.60. The van der Waals surface area contributed by atoms with Crippen LogP contribution in [-0.2, 0) is 11.3 Å². The minimum absolute atomic E-state index is 0.0569. The topological polar surface area (TPSA) is 46.9 Å². The largest absolute Gasteiger partial charge is 0.347 e. The van der Waals surface area contributed by atoms with Gasteiger partial charge in [0.2, 0.25) is 5.91 Å². The summed E-state index contributed by atoms with van der Waals surface area (Å²) in [4.78, 5) is 16.1. The van der Waals surface area contributed by atoms with Gasteiger partial charge in [-0.1, -0.05) is 40.2 Å². The fourth-order valence-corrected chi connectivity index (χ4v) is 3.22. The number of carbonyl (C=O) groups excluding carboxylic acids is 1. The van der Waals surface area contributed by atoms with Crippen LogP contribution in [0.25, 0.3) is 11.0 Å². The number of para-hydroxylation sites is 2. The van der Waals surface area contributed by atoms with E-state index >= 15 is 0 Å². The molecule has 0 aliphatic carbocycles. The predicted molar refractivity (Wildman–Crippen MR) is 95.2 cm³/mol. The third kappa shape index (κ3) is 3.45. The molecule has 1 heterocycles. The standard InChI is InChI=1S/C18H18BrN3O/c1-12(20-13(2)23)18-21-16-8-3-4-9-17(16)22(18)11-14-6-5-7-15(19)10-14/h3-10,12H,11H2,1-2H3,(H,20,23). The average molecular weight is 372 g/mol. The smallest absolute Gasteiger partial charge is 0.217 e. The Morgan fingerprint density at radius 2 is 2.04 bits per heavy atom. The molecular formula is C18H18BrN3O. The van der Waals surface area contributed by atoms with Crippen LogP contribution >= 0.6 is 15.9 Å². The number of aromatic nitrogens is 2. The molecule has 1 N–H and O–H groups in total. The van der Waals surface area contributed by atoms with Gasteiger partial charge in [0, 0.05) is 17.9 Å². The van der Waals surface area contributed by atoms with E-state index in [1.807, 2.05) is 37.3 Å². The fourth-order valence-electron chi connectivity index (χ4n) is 2.78. The maximum absolute atomic E-state index is 11.4. The number of nitrogens with zero attached hydrogens (tertiary/aromatic N) is 2.